The number of halogens is 4. The van der Waals surface area contributed by atoms with E-state index in [0.29, 0.717) is 108 Å². The average Bonchev–Trinajstić information content (AvgIpc) is 1.62. The highest BCUT2D eigenvalue weighted by molar-refractivity contribution is 8.00. The third kappa shape index (κ3) is 26.5. The molecule has 2 aliphatic carbocycles. The molecule has 16 rings (SSSR count). The molecule has 0 atom stereocenters. The number of carbonyl (C=O) groups is 7. The minimum absolute atomic E-state index is 0.0148. The van der Waals surface area contributed by atoms with Gasteiger partial charge in [-0.05, 0) is 239 Å². The third-order valence-electron chi connectivity index (χ3n) is 20.9. The smallest absolute Gasteiger partial charge is 0.412 e. The van der Waals surface area contributed by atoms with Crippen molar-refractivity contribution >= 4 is 110 Å². The Hall–Kier alpha value is -16.0. The number of sulfonamides is 1. The summed E-state index contributed by atoms with van der Waals surface area (Å²) in [5.41, 5.74) is 20.3. The van der Waals surface area contributed by atoms with Crippen LogP contribution in [0, 0.1) is 63.8 Å². The molecule has 0 saturated heterocycles. The van der Waals surface area contributed by atoms with Crippen LogP contribution in [-0.2, 0) is 78.6 Å². The van der Waals surface area contributed by atoms with Crippen LogP contribution in [0.3, 0.4) is 0 Å². The molecule has 0 spiro atoms. The second-order valence-electron chi connectivity index (χ2n) is 31.7. The van der Waals surface area contributed by atoms with Crippen molar-refractivity contribution in [2.45, 2.75) is 115 Å². The van der Waals surface area contributed by atoms with Crippen LogP contribution in [0.15, 0.2) is 259 Å². The van der Waals surface area contributed by atoms with Gasteiger partial charge in [-0.15, -0.1) is 0 Å². The molecule has 700 valence electrons. The van der Waals surface area contributed by atoms with E-state index in [1.54, 1.807) is 174 Å². The highest BCUT2D eigenvalue weighted by atomic mass is 32.2. The van der Waals surface area contributed by atoms with Gasteiger partial charge in [0.05, 0.1) is 55.9 Å². The number of nitrogens with two attached hydrogens (primary N) is 1. The molecular formula is C100H90F4N16O14S3. The molecule has 137 heavy (non-hydrogen) atoms. The van der Waals surface area contributed by atoms with Crippen molar-refractivity contribution < 1.29 is 81.1 Å². The van der Waals surface area contributed by atoms with Crippen molar-refractivity contribution in [3.8, 4) is 55.6 Å². The molecule has 10 heterocycles. The molecular weight excluding hydrogens is 1820 g/mol. The van der Waals surface area contributed by atoms with Crippen LogP contribution >= 0.6 is 0 Å². The number of aryl methyl sites for hydroxylation is 5. The van der Waals surface area contributed by atoms with E-state index >= 15 is 0 Å². The number of nitrogens with zero attached hydrogens (tertiary/aromatic N) is 10. The van der Waals surface area contributed by atoms with E-state index in [0.717, 1.165) is 81.2 Å². The number of Topliss-reactive ketones (excluding diaryl/α,β-unsaturated/α-hetero) is 3. The molecule has 0 unspecified atom stereocenters. The number of hydrogen-bond donors (Lipinski definition) is 6. The fourth-order valence-electron chi connectivity index (χ4n) is 13.9. The molecule has 1 fully saturated rings. The fraction of sp³-hybridized carbons (Fsp3) is 0.170. The lowest BCUT2D eigenvalue weighted by molar-refractivity contribution is -0.117. The highest BCUT2D eigenvalue weighted by Crippen LogP contribution is 2.39. The lowest BCUT2D eigenvalue weighted by Gasteiger charge is -2.14. The Morgan fingerprint density at radius 1 is 0.467 bits per heavy atom. The molecule has 4 amide bonds. The summed E-state index contributed by atoms with van der Waals surface area (Å²) in [6, 6.07) is 43.8. The van der Waals surface area contributed by atoms with E-state index < -0.39 is 75.6 Å². The maximum atomic E-state index is 14.0. The van der Waals surface area contributed by atoms with Crippen molar-refractivity contribution in [1.82, 2.24) is 49.8 Å². The van der Waals surface area contributed by atoms with Gasteiger partial charge < -0.3 is 26.4 Å². The first-order chi connectivity index (χ1) is 65.2. The van der Waals surface area contributed by atoms with Crippen LogP contribution < -0.4 is 31.7 Å². The summed E-state index contributed by atoms with van der Waals surface area (Å²) in [6.45, 7) is 14.6. The number of benzene rings is 4. The fourth-order valence-corrected chi connectivity index (χ4v) is 18.4. The van der Waals surface area contributed by atoms with Crippen molar-refractivity contribution in [3.05, 3.63) is 335 Å². The summed E-state index contributed by atoms with van der Waals surface area (Å²) in [6.07, 6.45) is 21.7. The zero-order chi connectivity index (χ0) is 98.7. The first-order valence-corrected chi connectivity index (χ1v) is 46.7. The summed E-state index contributed by atoms with van der Waals surface area (Å²) in [5, 5.41) is 9.95. The van der Waals surface area contributed by atoms with Gasteiger partial charge in [0.25, 0.3) is 15.9 Å². The molecule has 14 aromatic rings. The largest absolute Gasteiger partial charge is 0.453 e. The second-order valence-corrected chi connectivity index (χ2v) is 37.2. The molecule has 1 saturated carbocycles. The molecule has 30 nitrogen and oxygen atoms in total. The standard InChI is InChI=1S/C22H23N3O3S.C22H18N2O3S.C21H19F2N3O3S.C19H15F2N5O2.C16H15N3O3/c1-14-5-6-15(2)22(9-14)29(27,28)25-21-12-19(13-24-17(21)4)18-7-8-23-20(11-18)10-16(3)26;1-15(25)11-18-12-16(9-10-23-18)17-13-20-21(24-14-17)7-8-22(20)28(26,27)19-5-3-2-4-6-19;1-12-9-25-21(26-14(3)27)8-18(12)15-6-16(13(2)24-10-15)11-30(28,29)20-5-4-17(22)7-19(20)23;1-10(27)25-16-8-11(5-6-23-16)12-7-13(18(22)24-9-12)19(28)26-15-4-2-3-14(20)17(15)21;1-22-16(21)19-14-7-11(4-5-18-14)12-6-13(9-17-8-12)15(20)10-2-3-10/h5-9,11-13,25H,10H2,1-4H3;2-6,8-10,12-14H,7,11H2,1H3;4-10H,11H2,1-3H3,(H,25,26,27);2-9H,1H3,(H2,22,24)(H,26,28)(H,23,25,27);4-10H,2-3H2,1H3,(H,18,19,21). The lowest BCUT2D eigenvalue weighted by Crippen LogP contribution is -2.16. The Bertz CT molecular complexity index is 7450. The van der Waals surface area contributed by atoms with E-state index in [1.165, 1.54) is 65.4 Å². The van der Waals surface area contributed by atoms with Gasteiger partial charge in [-0.3, -0.25) is 68.7 Å². The molecule has 0 radical (unpaired) electrons. The predicted molar refractivity (Wildman–Crippen MR) is 510 cm³/mol. The number of amides is 4. The summed E-state index contributed by atoms with van der Waals surface area (Å²) in [7, 11) is -10.1. The van der Waals surface area contributed by atoms with E-state index in [-0.39, 0.29) is 74.8 Å². The lowest BCUT2D eigenvalue weighted by atomic mass is 10.0. The maximum Gasteiger partial charge on any atom is 0.412 e. The number of nitrogens with one attached hydrogen (secondary N) is 5. The number of rotatable bonds is 24. The molecule has 2 aliphatic rings. The number of hydrogen-bond acceptors (Lipinski definition) is 25. The Balaban J connectivity index is 0.000000154. The molecule has 0 bridgehead atoms. The van der Waals surface area contributed by atoms with Gasteiger partial charge in [0.15, 0.2) is 27.3 Å². The second kappa shape index (κ2) is 44.2. The molecule has 0 aliphatic heterocycles. The summed E-state index contributed by atoms with van der Waals surface area (Å²) >= 11 is 0. The molecule has 37 heteroatoms. The van der Waals surface area contributed by atoms with Gasteiger partial charge in [-0.2, -0.15) is 0 Å². The Kier molecular flexibility index (Phi) is 32.3. The van der Waals surface area contributed by atoms with Crippen LogP contribution in [0.4, 0.5) is 57.0 Å². The van der Waals surface area contributed by atoms with E-state index in [1.807, 2.05) is 50.2 Å². The Labute approximate surface area is 786 Å². The first kappa shape index (κ1) is 100.0. The average molecular weight is 1910 g/mol. The quantitative estimate of drug-likeness (QED) is 0.0186. The van der Waals surface area contributed by atoms with Gasteiger partial charge in [0.2, 0.25) is 21.7 Å². The number of pyridine rings is 10. The van der Waals surface area contributed by atoms with Crippen molar-refractivity contribution in [1.29, 1.82) is 0 Å². The van der Waals surface area contributed by atoms with Crippen molar-refractivity contribution in [2.75, 3.05) is 38.8 Å². The number of methoxy groups -OCH3 is 1. The third-order valence-corrected chi connectivity index (χ3v) is 26.0. The molecule has 4 aromatic carbocycles. The van der Waals surface area contributed by atoms with E-state index in [9.17, 15) is 76.4 Å². The van der Waals surface area contributed by atoms with E-state index in [2.05, 4.69) is 80.6 Å². The van der Waals surface area contributed by atoms with Gasteiger partial charge in [0.1, 0.15) is 51.4 Å². The summed E-state index contributed by atoms with van der Waals surface area (Å²) in [5.74, 6) is -4.68. The number of ether oxygens (including phenoxy) is 1. The number of aromatic nitrogens is 10. The van der Waals surface area contributed by atoms with Gasteiger partial charge in [-0.25, -0.2) is 67.5 Å². The van der Waals surface area contributed by atoms with Crippen LogP contribution in [0.5, 0.6) is 0 Å². The zero-order valence-corrected chi connectivity index (χ0v) is 77.9. The zero-order valence-electron chi connectivity index (χ0n) is 75.4. The van der Waals surface area contributed by atoms with Gasteiger partial charge in [0, 0.05) is 169 Å². The van der Waals surface area contributed by atoms with Crippen LogP contribution in [-0.4, -0.2) is 123 Å². The number of nitrogen functional groups attached to an aromatic ring is 1. The number of fused-ring (bicyclic) bond motifs is 1. The van der Waals surface area contributed by atoms with Crippen molar-refractivity contribution in [2.24, 2.45) is 5.92 Å². The SMILES string of the molecule is CC(=O)Cc1cc(-c2cnc(C)c(NS(=O)(=O)c3cc(C)ccc3C)c2)ccn1.CC(=O)Cc1cc(-c2cnc3c(c2)C(S(=O)(=O)c2ccccc2)=CC3)ccn1.CC(=O)Nc1cc(-c2cnc(C)c(CS(=O)(=O)c3ccc(F)cc3F)c2)c(C)cn1.CC(=O)Nc1cc(-c2cnc(N)c(C(=O)Nc3cccc(F)c3F)c2)ccn1.COC(=O)Nc1cc(-c2cncc(C(=O)C3CC3)c2)ccn1. The minimum atomic E-state index is -4.07. The van der Waals surface area contributed by atoms with Crippen LogP contribution in [0.1, 0.15) is 118 Å². The van der Waals surface area contributed by atoms with Gasteiger partial charge in [-0.1, -0.05) is 42.5 Å². The summed E-state index contributed by atoms with van der Waals surface area (Å²) in [4.78, 5) is 123. The Morgan fingerprint density at radius 2 is 1.04 bits per heavy atom. The number of ketones is 3. The molecule has 7 N–H and O–H groups in total. The van der Waals surface area contributed by atoms with Crippen LogP contribution in [0.2, 0.25) is 0 Å². The normalized spacial score (nSPS) is 11.9. The molecule has 10 aromatic heterocycles. The predicted octanol–water partition coefficient (Wildman–Crippen LogP) is 17.7. The number of allylic oxidation sites excluding steroid dienone is 1. The first-order valence-electron chi connectivity index (χ1n) is 42.1. The number of sulfone groups is 2. The number of anilines is 6. The maximum absolute atomic E-state index is 14.0. The monoisotopic (exact) mass is 1910 g/mol. The topological polar surface area (TPSA) is 446 Å². The minimum Gasteiger partial charge on any atom is -0.453 e. The van der Waals surface area contributed by atoms with Gasteiger partial charge >= 0.3 is 6.09 Å². The van der Waals surface area contributed by atoms with Crippen LogP contribution in [0.25, 0.3) is 60.5 Å². The summed E-state index contributed by atoms with van der Waals surface area (Å²) < 4.78 is 139. The van der Waals surface area contributed by atoms with Crippen molar-refractivity contribution in [3.63, 3.8) is 0 Å². The highest BCUT2D eigenvalue weighted by Gasteiger charge is 2.32. The van der Waals surface area contributed by atoms with E-state index in [4.69, 9.17) is 5.73 Å². The number of carbonyl (C=O) groups excluding carboxylic acids is 7. The Morgan fingerprint density at radius 3 is 1.66 bits per heavy atom.